The number of aryl methyl sites for hydroxylation is 2. The minimum Gasteiger partial charge on any atom is -0.495 e. The van der Waals surface area contributed by atoms with Crippen molar-refractivity contribution in [3.05, 3.63) is 47.5 Å². The van der Waals surface area contributed by atoms with Gasteiger partial charge in [-0.1, -0.05) is 11.8 Å². The molecule has 180 valence electrons. The molecule has 0 bridgehead atoms. The highest BCUT2D eigenvalue weighted by Crippen LogP contribution is 2.33. The molecule has 7 nitrogen and oxygen atoms in total. The van der Waals surface area contributed by atoms with E-state index in [0.29, 0.717) is 34.5 Å². The Bertz CT molecular complexity index is 1480. The highest BCUT2D eigenvalue weighted by Gasteiger charge is 2.28. The van der Waals surface area contributed by atoms with Gasteiger partial charge in [-0.15, -0.1) is 0 Å². The molecule has 0 atom stereocenters. The van der Waals surface area contributed by atoms with Crippen LogP contribution in [0.5, 0.6) is 5.75 Å². The first-order chi connectivity index (χ1) is 17.0. The van der Waals surface area contributed by atoms with Gasteiger partial charge in [0.05, 0.1) is 29.4 Å². The normalized spacial score (nSPS) is 16.6. The second-order valence-corrected chi connectivity index (χ2v) is 9.68. The zero-order chi connectivity index (χ0) is 24.1. The van der Waals surface area contributed by atoms with E-state index in [-0.39, 0.29) is 5.82 Å². The van der Waals surface area contributed by atoms with Crippen LogP contribution in [0.3, 0.4) is 0 Å². The average Bonchev–Trinajstić information content (AvgIpc) is 3.45. The molecule has 4 aromatic rings. The monoisotopic (exact) mass is 472 g/mol. The summed E-state index contributed by atoms with van der Waals surface area (Å²) in [6, 6.07) is 6.69. The van der Waals surface area contributed by atoms with Crippen LogP contribution in [-0.2, 0) is 14.1 Å². The predicted molar refractivity (Wildman–Crippen MR) is 135 cm³/mol. The summed E-state index contributed by atoms with van der Waals surface area (Å²) in [6.07, 6.45) is 8.62. The smallest absolute Gasteiger partial charge is 0.143 e. The molecule has 1 aliphatic heterocycles. The molecule has 2 aromatic carbocycles. The van der Waals surface area contributed by atoms with Gasteiger partial charge >= 0.3 is 0 Å². The number of ether oxygens (including phenoxy) is 1. The first-order valence-corrected chi connectivity index (χ1v) is 12.2. The highest BCUT2D eigenvalue weighted by molar-refractivity contribution is 5.96. The van der Waals surface area contributed by atoms with Crippen LogP contribution in [0.15, 0.2) is 30.6 Å². The Labute approximate surface area is 203 Å². The Kier molecular flexibility index (Phi) is 5.37. The summed E-state index contributed by atoms with van der Waals surface area (Å²) in [4.78, 5) is 2.29. The van der Waals surface area contributed by atoms with Crippen molar-refractivity contribution in [2.24, 2.45) is 14.1 Å². The van der Waals surface area contributed by atoms with Crippen molar-refractivity contribution < 1.29 is 9.13 Å². The van der Waals surface area contributed by atoms with Gasteiger partial charge in [0, 0.05) is 68.5 Å². The number of hydrogen-bond donors (Lipinski definition) is 1. The molecule has 8 heteroatoms. The Morgan fingerprint density at radius 3 is 2.46 bits per heavy atom. The number of benzene rings is 2. The maximum Gasteiger partial charge on any atom is 0.143 e. The fourth-order valence-corrected chi connectivity index (χ4v) is 5.07. The van der Waals surface area contributed by atoms with Crippen molar-refractivity contribution in [1.29, 1.82) is 0 Å². The van der Waals surface area contributed by atoms with Crippen LogP contribution in [-0.4, -0.2) is 51.8 Å². The van der Waals surface area contributed by atoms with Gasteiger partial charge < -0.3 is 15.0 Å². The molecule has 0 amide bonds. The number of aromatic nitrogens is 4. The van der Waals surface area contributed by atoms with Crippen molar-refractivity contribution in [2.75, 3.05) is 25.1 Å². The van der Waals surface area contributed by atoms with E-state index in [1.165, 1.54) is 12.8 Å². The van der Waals surface area contributed by atoms with E-state index in [4.69, 9.17) is 4.74 Å². The standard InChI is InChI=1S/C27H29FN6O/c1-32-15-18-12-17(26(35-3)14-24(18)30-32)4-7-21-23(28)13-25(22-16-33(2)31-27(21)22)34-10-8-20(9-11-34)29-19-5-6-19/h12-16,19-20,29H,5-6,8-11H2,1-3H3. The number of methoxy groups -OCH3 is 1. The van der Waals surface area contributed by atoms with Gasteiger partial charge in [0.1, 0.15) is 17.1 Å². The Hall–Kier alpha value is -3.57. The lowest BCUT2D eigenvalue weighted by atomic mass is 10.0. The molecule has 1 saturated carbocycles. The van der Waals surface area contributed by atoms with Gasteiger partial charge in [0.25, 0.3) is 0 Å². The molecule has 0 radical (unpaired) electrons. The van der Waals surface area contributed by atoms with Crippen LogP contribution in [0.1, 0.15) is 36.8 Å². The Morgan fingerprint density at radius 1 is 0.971 bits per heavy atom. The van der Waals surface area contributed by atoms with Gasteiger partial charge in [-0.25, -0.2) is 4.39 Å². The molecular formula is C27H29FN6O. The van der Waals surface area contributed by atoms with Crippen LogP contribution < -0.4 is 15.0 Å². The van der Waals surface area contributed by atoms with Crippen molar-refractivity contribution in [3.8, 4) is 17.6 Å². The van der Waals surface area contributed by atoms with E-state index >= 15 is 4.39 Å². The van der Waals surface area contributed by atoms with Crippen molar-refractivity contribution in [2.45, 2.75) is 37.8 Å². The molecule has 1 aliphatic carbocycles. The van der Waals surface area contributed by atoms with Crippen molar-refractivity contribution in [3.63, 3.8) is 0 Å². The molecule has 2 fully saturated rings. The molecule has 2 aliphatic rings. The maximum absolute atomic E-state index is 15.5. The van der Waals surface area contributed by atoms with E-state index in [1.54, 1.807) is 22.5 Å². The summed E-state index contributed by atoms with van der Waals surface area (Å²) < 4.78 is 24.5. The number of anilines is 1. The van der Waals surface area contributed by atoms with Crippen molar-refractivity contribution >= 4 is 27.5 Å². The molecule has 0 unspecified atom stereocenters. The fraction of sp³-hybridized carbons (Fsp3) is 0.407. The first kappa shape index (κ1) is 21.9. The topological polar surface area (TPSA) is 60.1 Å². The Morgan fingerprint density at radius 2 is 1.71 bits per heavy atom. The van der Waals surface area contributed by atoms with Crippen molar-refractivity contribution in [1.82, 2.24) is 24.9 Å². The molecule has 6 rings (SSSR count). The van der Waals surface area contributed by atoms with E-state index in [2.05, 4.69) is 32.3 Å². The number of fused-ring (bicyclic) bond motifs is 2. The first-order valence-electron chi connectivity index (χ1n) is 12.2. The zero-order valence-electron chi connectivity index (χ0n) is 20.3. The maximum atomic E-state index is 15.5. The average molecular weight is 473 g/mol. The van der Waals surface area contributed by atoms with E-state index in [9.17, 15) is 0 Å². The van der Waals surface area contributed by atoms with Gasteiger partial charge in [-0.3, -0.25) is 9.36 Å². The molecule has 1 N–H and O–H groups in total. The minimum atomic E-state index is -0.349. The molecule has 0 spiro atoms. The predicted octanol–water partition coefficient (Wildman–Crippen LogP) is 3.73. The number of halogens is 1. The summed E-state index contributed by atoms with van der Waals surface area (Å²) in [5.74, 6) is 6.45. The third-order valence-electron chi connectivity index (χ3n) is 6.99. The number of nitrogens with one attached hydrogen (secondary N) is 1. The molecule has 2 aromatic heterocycles. The number of rotatable bonds is 4. The summed E-state index contributed by atoms with van der Waals surface area (Å²) in [5.41, 5.74) is 3.31. The third-order valence-corrected chi connectivity index (χ3v) is 6.99. The largest absolute Gasteiger partial charge is 0.495 e. The van der Waals surface area contributed by atoms with E-state index in [1.807, 2.05) is 38.6 Å². The molecule has 1 saturated heterocycles. The van der Waals surface area contributed by atoms with Crippen LogP contribution in [0.2, 0.25) is 0 Å². The lowest BCUT2D eigenvalue weighted by Crippen LogP contribution is -2.43. The van der Waals surface area contributed by atoms with E-state index in [0.717, 1.165) is 47.9 Å². The third kappa shape index (κ3) is 4.21. The Balaban J connectivity index is 1.35. The van der Waals surface area contributed by atoms with Crippen LogP contribution >= 0.6 is 0 Å². The van der Waals surface area contributed by atoms with Crippen LogP contribution in [0, 0.1) is 17.7 Å². The number of nitrogens with zero attached hydrogens (tertiary/aromatic N) is 5. The van der Waals surface area contributed by atoms with E-state index < -0.39 is 0 Å². The number of hydrogen-bond acceptors (Lipinski definition) is 5. The molecule has 35 heavy (non-hydrogen) atoms. The summed E-state index contributed by atoms with van der Waals surface area (Å²) >= 11 is 0. The van der Waals surface area contributed by atoms with Gasteiger partial charge in [-0.2, -0.15) is 10.2 Å². The second-order valence-electron chi connectivity index (χ2n) is 9.68. The number of piperidine rings is 1. The zero-order valence-corrected chi connectivity index (χ0v) is 20.3. The lowest BCUT2D eigenvalue weighted by molar-refractivity contribution is 0.413. The summed E-state index contributed by atoms with van der Waals surface area (Å²) in [6.45, 7) is 1.81. The summed E-state index contributed by atoms with van der Waals surface area (Å²) in [7, 11) is 5.34. The van der Waals surface area contributed by atoms with Gasteiger partial charge in [0.2, 0.25) is 0 Å². The molecule has 3 heterocycles. The lowest BCUT2D eigenvalue weighted by Gasteiger charge is -2.34. The fourth-order valence-electron chi connectivity index (χ4n) is 5.07. The van der Waals surface area contributed by atoms with Crippen LogP contribution in [0.25, 0.3) is 21.8 Å². The SMILES string of the molecule is COc1cc2nn(C)cc2cc1C#Cc1c(F)cc(N2CCC(NC3CC3)CC2)c2cn(C)nc12. The quantitative estimate of drug-likeness (QED) is 0.459. The van der Waals surface area contributed by atoms with Crippen LogP contribution in [0.4, 0.5) is 10.1 Å². The second kappa shape index (κ2) is 8.58. The van der Waals surface area contributed by atoms with Gasteiger partial charge in [0.15, 0.2) is 0 Å². The minimum absolute atomic E-state index is 0.308. The summed E-state index contributed by atoms with van der Waals surface area (Å²) in [5, 5.41) is 14.6. The van der Waals surface area contributed by atoms with Gasteiger partial charge in [-0.05, 0) is 37.8 Å². The highest BCUT2D eigenvalue weighted by atomic mass is 19.1. The molecular weight excluding hydrogens is 443 g/mol.